The van der Waals surface area contributed by atoms with Crippen molar-refractivity contribution in [1.29, 1.82) is 0 Å². The Morgan fingerprint density at radius 1 is 0.919 bits per heavy atom. The molecule has 0 unspecified atom stereocenters. The van der Waals surface area contributed by atoms with Gasteiger partial charge in [-0.15, -0.1) is 0 Å². The molecule has 1 amide bonds. The lowest BCUT2D eigenvalue weighted by Gasteiger charge is -2.26. The van der Waals surface area contributed by atoms with E-state index in [0.29, 0.717) is 38.8 Å². The highest BCUT2D eigenvalue weighted by atomic mass is 32.2. The normalized spacial score (nSPS) is 13.5. The van der Waals surface area contributed by atoms with Crippen molar-refractivity contribution in [3.05, 3.63) is 88.2 Å². The number of carbonyl (C=O) groups is 1. The summed E-state index contributed by atoms with van der Waals surface area (Å²) in [6, 6.07) is 20.4. The van der Waals surface area contributed by atoms with E-state index < -0.39 is 0 Å². The number of aromatic nitrogens is 2. The minimum absolute atomic E-state index is 0.00619. The highest BCUT2D eigenvalue weighted by Gasteiger charge is 2.20. The third kappa shape index (κ3) is 5.34. The van der Waals surface area contributed by atoms with Crippen LogP contribution in [0.4, 0.5) is 0 Å². The first-order valence-electron chi connectivity index (χ1n) is 12.3. The van der Waals surface area contributed by atoms with Crippen LogP contribution >= 0.6 is 11.8 Å². The largest absolute Gasteiger partial charge is 0.497 e. The highest BCUT2D eigenvalue weighted by Crippen LogP contribution is 2.27. The van der Waals surface area contributed by atoms with Crippen LogP contribution < -0.4 is 15.0 Å². The summed E-state index contributed by atoms with van der Waals surface area (Å²) in [5, 5.41) is 1.02. The van der Waals surface area contributed by atoms with Gasteiger partial charge in [-0.2, -0.15) is 0 Å². The van der Waals surface area contributed by atoms with Crippen LogP contribution in [0.5, 0.6) is 11.5 Å². The molecule has 0 spiro atoms. The fourth-order valence-corrected chi connectivity index (χ4v) is 5.50. The number of benzene rings is 3. The first-order valence-corrected chi connectivity index (χ1v) is 13.3. The molecule has 190 valence electrons. The zero-order chi connectivity index (χ0) is 25.8. The topological polar surface area (TPSA) is 73.7 Å². The smallest absolute Gasteiger partial charge is 0.266 e. The van der Waals surface area contributed by atoms with Gasteiger partial charge in [0.05, 0.1) is 30.8 Å². The zero-order valence-corrected chi connectivity index (χ0v) is 21.8. The number of hydrogen-bond donors (Lipinski definition) is 0. The lowest BCUT2D eigenvalue weighted by Crippen LogP contribution is -2.35. The number of ether oxygens (including phenoxy) is 2. The lowest BCUT2D eigenvalue weighted by molar-refractivity contribution is 0.0724. The van der Waals surface area contributed by atoms with Gasteiger partial charge in [-0.3, -0.25) is 14.2 Å². The van der Waals surface area contributed by atoms with Crippen LogP contribution in [0.1, 0.15) is 35.2 Å². The summed E-state index contributed by atoms with van der Waals surface area (Å²) in [5.74, 6) is 2.07. The Hall–Kier alpha value is -3.78. The average Bonchev–Trinajstić information content (AvgIpc) is 2.96. The predicted octanol–water partition coefficient (Wildman–Crippen LogP) is 5.32. The van der Waals surface area contributed by atoms with Crippen LogP contribution in [-0.2, 0) is 5.75 Å². The van der Waals surface area contributed by atoms with E-state index in [1.807, 2.05) is 53.4 Å². The molecule has 1 fully saturated rings. The third-order valence-corrected chi connectivity index (χ3v) is 7.57. The van der Waals surface area contributed by atoms with Gasteiger partial charge < -0.3 is 14.4 Å². The summed E-state index contributed by atoms with van der Waals surface area (Å²) < 4.78 is 12.3. The number of thioether (sulfide) groups is 1. The third-order valence-electron chi connectivity index (χ3n) is 6.56. The minimum atomic E-state index is -0.180. The molecule has 4 aromatic rings. The molecule has 1 saturated heterocycles. The van der Waals surface area contributed by atoms with Crippen molar-refractivity contribution in [2.45, 2.75) is 30.2 Å². The Labute approximate surface area is 220 Å². The fraction of sp³-hybridized carbons (Fsp3) is 0.276. The molecule has 0 bridgehead atoms. The van der Waals surface area contributed by atoms with Gasteiger partial charge in [-0.05, 0) is 79.4 Å². The summed E-state index contributed by atoms with van der Waals surface area (Å²) in [6.45, 7) is 1.54. The van der Waals surface area contributed by atoms with Gasteiger partial charge in [-0.1, -0.05) is 23.9 Å². The molecule has 7 nitrogen and oxygen atoms in total. The lowest BCUT2D eigenvalue weighted by atomic mass is 10.1. The number of rotatable bonds is 7. The Morgan fingerprint density at radius 3 is 2.41 bits per heavy atom. The van der Waals surface area contributed by atoms with Crippen molar-refractivity contribution in [2.75, 3.05) is 27.3 Å². The van der Waals surface area contributed by atoms with Crippen molar-refractivity contribution >= 4 is 28.6 Å². The standard InChI is InChI=1S/C29H29N3O4S/c1-35-23-12-10-22(11-13-23)32-28(34)25-14-9-21(27(33)31-15-4-3-5-16-31)18-26(25)30-29(32)37-19-20-7-6-8-24(17-20)36-2/h6-14,17-18H,3-5,15-16,19H2,1-2H3. The Kier molecular flexibility index (Phi) is 7.46. The number of methoxy groups -OCH3 is 2. The van der Waals surface area contributed by atoms with Crippen molar-refractivity contribution in [2.24, 2.45) is 0 Å². The van der Waals surface area contributed by atoms with Gasteiger partial charge in [0.25, 0.3) is 11.5 Å². The minimum Gasteiger partial charge on any atom is -0.497 e. The maximum Gasteiger partial charge on any atom is 0.266 e. The fourth-order valence-electron chi connectivity index (χ4n) is 4.54. The SMILES string of the molecule is COc1ccc(-n2c(SCc3cccc(OC)c3)nc3cc(C(=O)N4CCCCC4)ccc3c2=O)cc1. The summed E-state index contributed by atoms with van der Waals surface area (Å²) in [5.41, 5.74) is 2.65. The quantitative estimate of drug-likeness (QED) is 0.245. The first kappa shape index (κ1) is 24.9. The number of nitrogens with zero attached hydrogens (tertiary/aromatic N) is 3. The zero-order valence-electron chi connectivity index (χ0n) is 21.0. The monoisotopic (exact) mass is 515 g/mol. The number of hydrogen-bond acceptors (Lipinski definition) is 6. The van der Waals surface area contributed by atoms with Crippen LogP contribution in [0, 0.1) is 0 Å². The van der Waals surface area contributed by atoms with E-state index in [9.17, 15) is 9.59 Å². The maximum atomic E-state index is 13.8. The maximum absolute atomic E-state index is 13.8. The van der Waals surface area contributed by atoms with E-state index in [-0.39, 0.29) is 11.5 Å². The second-order valence-electron chi connectivity index (χ2n) is 8.96. The summed E-state index contributed by atoms with van der Waals surface area (Å²) in [7, 11) is 3.25. The number of amides is 1. The molecule has 2 heterocycles. The number of piperidine rings is 1. The van der Waals surface area contributed by atoms with Gasteiger partial charge in [0.1, 0.15) is 11.5 Å². The molecule has 37 heavy (non-hydrogen) atoms. The molecule has 1 aliphatic heterocycles. The number of fused-ring (bicyclic) bond motifs is 1. The molecule has 0 atom stereocenters. The Balaban J connectivity index is 1.57. The molecule has 0 N–H and O–H groups in total. The van der Waals surface area contributed by atoms with Crippen LogP contribution in [0.25, 0.3) is 16.6 Å². The van der Waals surface area contributed by atoms with E-state index in [1.165, 1.54) is 11.8 Å². The number of likely N-dealkylation sites (tertiary alicyclic amines) is 1. The van der Waals surface area contributed by atoms with Gasteiger partial charge in [-0.25, -0.2) is 4.98 Å². The van der Waals surface area contributed by atoms with E-state index >= 15 is 0 Å². The second kappa shape index (κ2) is 11.1. The molecule has 0 saturated carbocycles. The predicted molar refractivity (Wildman–Crippen MR) is 146 cm³/mol. The Bertz CT molecular complexity index is 1480. The van der Waals surface area contributed by atoms with E-state index in [4.69, 9.17) is 14.5 Å². The second-order valence-corrected chi connectivity index (χ2v) is 9.90. The Morgan fingerprint density at radius 2 is 1.68 bits per heavy atom. The summed E-state index contributed by atoms with van der Waals surface area (Å²) in [6.07, 6.45) is 3.20. The van der Waals surface area contributed by atoms with Gasteiger partial charge in [0.15, 0.2) is 5.16 Å². The molecule has 1 aliphatic rings. The van der Waals surface area contributed by atoms with Gasteiger partial charge in [0.2, 0.25) is 0 Å². The molecule has 0 aliphatic carbocycles. The van der Waals surface area contributed by atoms with E-state index in [1.54, 1.807) is 37.0 Å². The first-order chi connectivity index (χ1) is 18.1. The average molecular weight is 516 g/mol. The molecular formula is C29H29N3O4S. The van der Waals surface area contributed by atoms with E-state index in [2.05, 4.69) is 0 Å². The van der Waals surface area contributed by atoms with Gasteiger partial charge >= 0.3 is 0 Å². The number of carbonyl (C=O) groups excluding carboxylic acids is 1. The van der Waals surface area contributed by atoms with Crippen molar-refractivity contribution in [3.8, 4) is 17.2 Å². The summed E-state index contributed by atoms with van der Waals surface area (Å²) in [4.78, 5) is 33.7. The molecule has 1 aromatic heterocycles. The van der Waals surface area contributed by atoms with Crippen molar-refractivity contribution < 1.29 is 14.3 Å². The van der Waals surface area contributed by atoms with Crippen LogP contribution in [0.15, 0.2) is 76.7 Å². The molecule has 0 radical (unpaired) electrons. The summed E-state index contributed by atoms with van der Waals surface area (Å²) >= 11 is 1.47. The van der Waals surface area contributed by atoms with Crippen LogP contribution in [-0.4, -0.2) is 47.7 Å². The van der Waals surface area contributed by atoms with Crippen LogP contribution in [0.2, 0.25) is 0 Å². The van der Waals surface area contributed by atoms with Crippen molar-refractivity contribution in [3.63, 3.8) is 0 Å². The highest BCUT2D eigenvalue weighted by molar-refractivity contribution is 7.98. The van der Waals surface area contributed by atoms with E-state index in [0.717, 1.165) is 43.7 Å². The van der Waals surface area contributed by atoms with Crippen molar-refractivity contribution in [1.82, 2.24) is 14.5 Å². The molecule has 8 heteroatoms. The molecule has 3 aromatic carbocycles. The van der Waals surface area contributed by atoms with Gasteiger partial charge in [0, 0.05) is 24.4 Å². The molecule has 5 rings (SSSR count). The molecular weight excluding hydrogens is 486 g/mol. The van der Waals surface area contributed by atoms with Crippen LogP contribution in [0.3, 0.4) is 0 Å².